The highest BCUT2D eigenvalue weighted by molar-refractivity contribution is 6.31. The minimum Gasteiger partial charge on any atom is -0.398 e. The second-order valence-corrected chi connectivity index (χ2v) is 3.63. The molecule has 0 saturated carbocycles. The first-order valence-electron chi connectivity index (χ1n) is 4.67. The first kappa shape index (κ1) is 9.98. The molecular weight excluding hydrogens is 212 g/mol. The monoisotopic (exact) mass is 222 g/mol. The van der Waals surface area contributed by atoms with Crippen LogP contribution >= 0.6 is 11.6 Å². The zero-order chi connectivity index (χ0) is 10.8. The van der Waals surface area contributed by atoms with Crippen LogP contribution in [-0.4, -0.2) is 15.2 Å². The van der Waals surface area contributed by atoms with E-state index in [0.717, 1.165) is 17.8 Å². The predicted molar refractivity (Wildman–Crippen MR) is 60.6 cm³/mol. The summed E-state index contributed by atoms with van der Waals surface area (Å²) in [6.45, 7) is 2.01. The van der Waals surface area contributed by atoms with Gasteiger partial charge in [-0.2, -0.15) is 5.10 Å². The van der Waals surface area contributed by atoms with Crippen molar-refractivity contribution in [1.29, 1.82) is 0 Å². The van der Waals surface area contributed by atoms with Gasteiger partial charge in [-0.05, 0) is 18.2 Å². The van der Waals surface area contributed by atoms with Gasteiger partial charge in [-0.15, -0.1) is 0 Å². The summed E-state index contributed by atoms with van der Waals surface area (Å²) in [4.78, 5) is 4.30. The van der Waals surface area contributed by atoms with E-state index in [-0.39, 0.29) is 0 Å². The lowest BCUT2D eigenvalue weighted by atomic mass is 10.2. The summed E-state index contributed by atoms with van der Waals surface area (Å²) in [6.07, 6.45) is 0.820. The maximum Gasteiger partial charge on any atom is 0.183 e. The third kappa shape index (κ3) is 1.94. The van der Waals surface area contributed by atoms with E-state index >= 15 is 0 Å². The van der Waals surface area contributed by atoms with Gasteiger partial charge >= 0.3 is 0 Å². The number of aromatic nitrogens is 3. The zero-order valence-electron chi connectivity index (χ0n) is 8.29. The van der Waals surface area contributed by atoms with Crippen LogP contribution in [0.2, 0.25) is 5.02 Å². The molecular formula is C10H11ClN4. The molecule has 4 nitrogen and oxygen atoms in total. The minimum atomic E-state index is 0.587. The average Bonchev–Trinajstić information content (AvgIpc) is 2.66. The number of hydrogen-bond acceptors (Lipinski definition) is 3. The van der Waals surface area contributed by atoms with Crippen molar-refractivity contribution in [3.63, 3.8) is 0 Å². The van der Waals surface area contributed by atoms with Crippen LogP contribution in [0.3, 0.4) is 0 Å². The Labute approximate surface area is 92.5 Å². The van der Waals surface area contributed by atoms with Gasteiger partial charge < -0.3 is 5.73 Å². The van der Waals surface area contributed by atoms with Gasteiger partial charge in [0.15, 0.2) is 5.82 Å². The first-order valence-corrected chi connectivity index (χ1v) is 5.05. The Bertz CT molecular complexity index is 478. The first-order chi connectivity index (χ1) is 7.20. The summed E-state index contributed by atoms with van der Waals surface area (Å²) in [5.74, 6) is 1.46. The Balaban J connectivity index is 2.44. The average molecular weight is 223 g/mol. The fraction of sp³-hybridized carbons (Fsp3) is 0.200. The standard InChI is InChI=1S/C10H11ClN4/c1-2-9-13-10(15-14-9)7-4-3-6(11)5-8(7)12/h3-5H,2,12H2,1H3,(H,13,14,15). The lowest BCUT2D eigenvalue weighted by molar-refractivity contribution is 0.946. The predicted octanol–water partition coefficient (Wildman–Crippen LogP) is 2.27. The highest BCUT2D eigenvalue weighted by Crippen LogP contribution is 2.25. The number of hydrogen-bond donors (Lipinski definition) is 2. The van der Waals surface area contributed by atoms with Crippen LogP contribution in [0.1, 0.15) is 12.7 Å². The van der Waals surface area contributed by atoms with Crippen LogP contribution in [0.25, 0.3) is 11.4 Å². The maximum absolute atomic E-state index is 5.83. The number of aromatic amines is 1. The molecule has 0 radical (unpaired) electrons. The molecule has 0 amide bonds. The molecule has 15 heavy (non-hydrogen) atoms. The van der Waals surface area contributed by atoms with Crippen LogP contribution in [-0.2, 0) is 6.42 Å². The molecule has 0 unspecified atom stereocenters. The number of nitrogens with zero attached hydrogens (tertiary/aromatic N) is 2. The smallest absolute Gasteiger partial charge is 0.183 e. The normalized spacial score (nSPS) is 10.5. The van der Waals surface area contributed by atoms with E-state index in [9.17, 15) is 0 Å². The number of nitrogen functional groups attached to an aromatic ring is 1. The van der Waals surface area contributed by atoms with Crippen LogP contribution in [0.4, 0.5) is 5.69 Å². The Morgan fingerprint density at radius 3 is 2.87 bits per heavy atom. The van der Waals surface area contributed by atoms with Crippen molar-refractivity contribution in [2.45, 2.75) is 13.3 Å². The molecule has 0 fully saturated rings. The Hall–Kier alpha value is -1.55. The molecule has 0 saturated heterocycles. The van der Waals surface area contributed by atoms with E-state index in [1.54, 1.807) is 12.1 Å². The minimum absolute atomic E-state index is 0.587. The number of aryl methyl sites for hydroxylation is 1. The molecule has 0 atom stereocenters. The summed E-state index contributed by atoms with van der Waals surface area (Å²) < 4.78 is 0. The van der Waals surface area contributed by atoms with Crippen molar-refractivity contribution in [1.82, 2.24) is 15.2 Å². The summed E-state index contributed by atoms with van der Waals surface area (Å²) in [6, 6.07) is 5.29. The number of halogens is 1. The molecule has 0 aliphatic carbocycles. The van der Waals surface area contributed by atoms with Gasteiger partial charge in [-0.25, -0.2) is 4.98 Å². The number of benzene rings is 1. The quantitative estimate of drug-likeness (QED) is 0.766. The van der Waals surface area contributed by atoms with Gasteiger partial charge in [-0.3, -0.25) is 5.10 Å². The summed E-state index contributed by atoms with van der Waals surface area (Å²) >= 11 is 5.81. The molecule has 0 aliphatic heterocycles. The lowest BCUT2D eigenvalue weighted by Gasteiger charge is -2.00. The molecule has 5 heteroatoms. The summed E-state index contributed by atoms with van der Waals surface area (Å²) in [5.41, 5.74) is 7.21. The van der Waals surface area contributed by atoms with Crippen LogP contribution in [0.5, 0.6) is 0 Å². The Kier molecular flexibility index (Phi) is 2.60. The van der Waals surface area contributed by atoms with Gasteiger partial charge in [0.2, 0.25) is 0 Å². The van der Waals surface area contributed by atoms with Gasteiger partial charge in [0, 0.05) is 22.7 Å². The largest absolute Gasteiger partial charge is 0.398 e. The molecule has 78 valence electrons. The fourth-order valence-electron chi connectivity index (χ4n) is 1.31. The van der Waals surface area contributed by atoms with Gasteiger partial charge in [0.05, 0.1) is 0 Å². The molecule has 1 aromatic heterocycles. The zero-order valence-corrected chi connectivity index (χ0v) is 9.04. The van der Waals surface area contributed by atoms with Crippen LogP contribution in [0, 0.1) is 0 Å². The van der Waals surface area contributed by atoms with Crippen molar-refractivity contribution >= 4 is 17.3 Å². The fourth-order valence-corrected chi connectivity index (χ4v) is 1.49. The van der Waals surface area contributed by atoms with E-state index in [0.29, 0.717) is 16.5 Å². The van der Waals surface area contributed by atoms with Crippen molar-refractivity contribution < 1.29 is 0 Å². The SMILES string of the molecule is CCc1nc(-c2ccc(Cl)cc2N)n[nH]1. The Morgan fingerprint density at radius 2 is 2.27 bits per heavy atom. The van der Waals surface area contributed by atoms with Gasteiger partial charge in [0.1, 0.15) is 5.82 Å². The van der Waals surface area contributed by atoms with Crippen molar-refractivity contribution in [3.05, 3.63) is 29.0 Å². The summed E-state index contributed by atoms with van der Waals surface area (Å²) in [5, 5.41) is 7.55. The number of nitrogens with one attached hydrogen (secondary N) is 1. The summed E-state index contributed by atoms with van der Waals surface area (Å²) in [7, 11) is 0. The number of H-pyrrole nitrogens is 1. The number of nitrogens with two attached hydrogens (primary N) is 1. The molecule has 2 rings (SSSR count). The van der Waals surface area contributed by atoms with E-state index in [2.05, 4.69) is 15.2 Å². The molecule has 0 spiro atoms. The molecule has 0 aliphatic rings. The number of anilines is 1. The third-order valence-electron chi connectivity index (χ3n) is 2.12. The molecule has 1 aromatic carbocycles. The van der Waals surface area contributed by atoms with Crippen LogP contribution < -0.4 is 5.73 Å². The van der Waals surface area contributed by atoms with E-state index in [1.165, 1.54) is 0 Å². The third-order valence-corrected chi connectivity index (χ3v) is 2.36. The van der Waals surface area contributed by atoms with Gasteiger partial charge in [0.25, 0.3) is 0 Å². The molecule has 0 bridgehead atoms. The van der Waals surface area contributed by atoms with Crippen molar-refractivity contribution in [2.75, 3.05) is 5.73 Å². The molecule has 1 heterocycles. The van der Waals surface area contributed by atoms with Gasteiger partial charge in [-0.1, -0.05) is 18.5 Å². The molecule has 3 N–H and O–H groups in total. The van der Waals surface area contributed by atoms with Crippen molar-refractivity contribution in [3.8, 4) is 11.4 Å². The second-order valence-electron chi connectivity index (χ2n) is 3.19. The maximum atomic E-state index is 5.83. The topological polar surface area (TPSA) is 67.6 Å². The van der Waals surface area contributed by atoms with E-state index in [1.807, 2.05) is 13.0 Å². The Morgan fingerprint density at radius 1 is 1.47 bits per heavy atom. The van der Waals surface area contributed by atoms with E-state index in [4.69, 9.17) is 17.3 Å². The van der Waals surface area contributed by atoms with Crippen molar-refractivity contribution in [2.24, 2.45) is 0 Å². The second kappa shape index (κ2) is 3.90. The lowest BCUT2D eigenvalue weighted by Crippen LogP contribution is -1.91. The van der Waals surface area contributed by atoms with Crippen LogP contribution in [0.15, 0.2) is 18.2 Å². The number of rotatable bonds is 2. The van der Waals surface area contributed by atoms with E-state index < -0.39 is 0 Å². The molecule has 2 aromatic rings. The highest BCUT2D eigenvalue weighted by atomic mass is 35.5. The highest BCUT2D eigenvalue weighted by Gasteiger charge is 2.08.